The monoisotopic (exact) mass is 295 g/mol. The molecule has 1 atom stereocenters. The lowest BCUT2D eigenvalue weighted by Gasteiger charge is -2.19. The minimum Gasteiger partial charge on any atom is -0.460 e. The summed E-state index contributed by atoms with van der Waals surface area (Å²) in [5.41, 5.74) is 1.34. The number of rotatable bonds is 5. The van der Waals surface area contributed by atoms with Crippen LogP contribution >= 0.6 is 0 Å². The number of hydrogen-bond donors (Lipinski definition) is 1. The van der Waals surface area contributed by atoms with Crippen molar-refractivity contribution >= 4 is 11.9 Å². The number of nitrogens with one attached hydrogen (secondary N) is 1. The van der Waals surface area contributed by atoms with E-state index in [0.29, 0.717) is 0 Å². The zero-order chi connectivity index (χ0) is 16.2. The quantitative estimate of drug-likeness (QED) is 0.844. The first-order valence-electron chi connectivity index (χ1n) is 7.10. The second-order valence-corrected chi connectivity index (χ2v) is 6.22. The Hall–Kier alpha value is -1.85. The van der Waals surface area contributed by atoms with Crippen LogP contribution in [-0.2, 0) is 21.4 Å². The molecule has 0 bridgehead atoms. The van der Waals surface area contributed by atoms with E-state index in [0.717, 1.165) is 11.3 Å². The van der Waals surface area contributed by atoms with Gasteiger partial charge in [-0.1, -0.05) is 0 Å². The van der Waals surface area contributed by atoms with Crippen molar-refractivity contribution in [1.29, 1.82) is 0 Å². The van der Waals surface area contributed by atoms with Gasteiger partial charge >= 0.3 is 5.97 Å². The van der Waals surface area contributed by atoms with Crippen LogP contribution in [0.5, 0.6) is 0 Å². The van der Waals surface area contributed by atoms with Crippen molar-refractivity contribution in [2.45, 2.75) is 59.1 Å². The molecule has 1 N–H and O–H groups in total. The Labute approximate surface area is 125 Å². The highest BCUT2D eigenvalue weighted by molar-refractivity contribution is 5.81. The largest absolute Gasteiger partial charge is 0.460 e. The van der Waals surface area contributed by atoms with Crippen LogP contribution in [0.1, 0.15) is 57.8 Å². The van der Waals surface area contributed by atoms with E-state index in [1.165, 1.54) is 0 Å². The molecule has 1 rings (SSSR count). The Balaban J connectivity index is 2.44. The van der Waals surface area contributed by atoms with E-state index in [9.17, 15) is 9.59 Å². The Morgan fingerprint density at radius 3 is 2.48 bits per heavy atom. The number of nitrogens with zero attached hydrogens (tertiary/aromatic N) is 2. The minimum absolute atomic E-state index is 0.0852. The van der Waals surface area contributed by atoms with E-state index in [2.05, 4.69) is 10.4 Å². The Morgan fingerprint density at radius 2 is 2.00 bits per heavy atom. The van der Waals surface area contributed by atoms with E-state index >= 15 is 0 Å². The highest BCUT2D eigenvalue weighted by Gasteiger charge is 2.18. The topological polar surface area (TPSA) is 73.2 Å². The third-order valence-corrected chi connectivity index (χ3v) is 2.87. The third-order valence-electron chi connectivity index (χ3n) is 2.87. The van der Waals surface area contributed by atoms with Gasteiger partial charge in [-0.25, -0.2) is 0 Å². The fourth-order valence-corrected chi connectivity index (χ4v) is 2.04. The van der Waals surface area contributed by atoms with Gasteiger partial charge in [0.2, 0.25) is 5.91 Å². The number of aromatic nitrogens is 2. The van der Waals surface area contributed by atoms with Crippen LogP contribution < -0.4 is 5.32 Å². The summed E-state index contributed by atoms with van der Waals surface area (Å²) in [5, 5.41) is 7.11. The molecule has 0 aliphatic carbocycles. The van der Waals surface area contributed by atoms with Crippen LogP contribution in [0.4, 0.5) is 0 Å². The van der Waals surface area contributed by atoms with Gasteiger partial charge in [-0.05, 0) is 34.6 Å². The minimum atomic E-state index is -0.520. The molecule has 0 unspecified atom stereocenters. The van der Waals surface area contributed by atoms with Crippen LogP contribution in [0, 0.1) is 6.92 Å². The smallest absolute Gasteiger partial charge is 0.306 e. The number of amides is 1. The Kier molecular flexibility index (Phi) is 5.52. The van der Waals surface area contributed by atoms with Crippen LogP contribution in [0.2, 0.25) is 0 Å². The van der Waals surface area contributed by atoms with Crippen molar-refractivity contribution in [3.8, 4) is 0 Å². The molecule has 0 aliphatic rings. The summed E-state index contributed by atoms with van der Waals surface area (Å²) in [6.07, 6.45) is 2.09. The zero-order valence-corrected chi connectivity index (χ0v) is 13.7. The summed E-state index contributed by atoms with van der Waals surface area (Å²) in [6.45, 7) is 9.21. The Morgan fingerprint density at radius 1 is 1.38 bits per heavy atom. The molecule has 118 valence electrons. The second kappa shape index (κ2) is 6.74. The van der Waals surface area contributed by atoms with Crippen molar-refractivity contribution in [3.63, 3.8) is 0 Å². The lowest BCUT2D eigenvalue weighted by atomic mass is 10.1. The molecule has 0 aromatic carbocycles. The molecule has 0 fully saturated rings. The number of aryl methyl sites for hydroxylation is 2. The normalized spacial score (nSPS) is 12.9. The first-order valence-corrected chi connectivity index (χ1v) is 7.10. The van der Waals surface area contributed by atoms with Gasteiger partial charge in [-0.3, -0.25) is 14.3 Å². The van der Waals surface area contributed by atoms with Crippen LogP contribution in [0.25, 0.3) is 0 Å². The molecular weight excluding hydrogens is 270 g/mol. The van der Waals surface area contributed by atoms with Crippen LogP contribution in [0.3, 0.4) is 0 Å². The zero-order valence-electron chi connectivity index (χ0n) is 13.7. The number of carbonyl (C=O) groups excluding carboxylic acids is 2. The van der Waals surface area contributed by atoms with Crippen molar-refractivity contribution in [3.05, 3.63) is 17.5 Å². The number of esters is 1. The van der Waals surface area contributed by atoms with Crippen molar-refractivity contribution in [2.24, 2.45) is 7.05 Å². The summed E-state index contributed by atoms with van der Waals surface area (Å²) in [4.78, 5) is 23.4. The van der Waals surface area contributed by atoms with E-state index in [1.807, 2.05) is 27.1 Å². The summed E-state index contributed by atoms with van der Waals surface area (Å²) in [5.74, 6) is -0.528. The summed E-state index contributed by atoms with van der Waals surface area (Å²) < 4.78 is 6.88. The molecule has 1 aromatic heterocycles. The molecular formula is C15H25N3O3. The number of hydrogen-bond acceptors (Lipinski definition) is 4. The maximum Gasteiger partial charge on any atom is 0.306 e. The maximum absolute atomic E-state index is 11.9. The van der Waals surface area contributed by atoms with Crippen LogP contribution in [-0.4, -0.2) is 27.3 Å². The van der Waals surface area contributed by atoms with Gasteiger partial charge in [0, 0.05) is 25.2 Å². The molecule has 6 nitrogen and oxygen atoms in total. The van der Waals surface area contributed by atoms with E-state index < -0.39 is 5.60 Å². The molecule has 1 aromatic rings. The lowest BCUT2D eigenvalue weighted by molar-refractivity contribution is -0.155. The van der Waals surface area contributed by atoms with Crippen molar-refractivity contribution in [1.82, 2.24) is 15.1 Å². The first kappa shape index (κ1) is 17.2. The van der Waals surface area contributed by atoms with Gasteiger partial charge in [-0.2, -0.15) is 5.10 Å². The lowest BCUT2D eigenvalue weighted by Crippen LogP contribution is -2.29. The summed E-state index contributed by atoms with van der Waals surface area (Å²) >= 11 is 0. The second-order valence-electron chi connectivity index (χ2n) is 6.22. The first-order chi connectivity index (χ1) is 9.58. The SMILES string of the molecule is Cc1nn(C)cc1[C@@H](C)NC(=O)CCC(=O)OC(C)(C)C. The highest BCUT2D eigenvalue weighted by Crippen LogP contribution is 2.16. The molecule has 1 amide bonds. The van der Waals surface area contributed by atoms with Gasteiger partial charge in [0.15, 0.2) is 0 Å². The molecule has 0 saturated carbocycles. The molecule has 21 heavy (non-hydrogen) atoms. The average molecular weight is 295 g/mol. The number of carbonyl (C=O) groups is 2. The summed E-state index contributed by atoms with van der Waals surface area (Å²) in [7, 11) is 1.84. The van der Waals surface area contributed by atoms with Crippen molar-refractivity contribution < 1.29 is 14.3 Å². The average Bonchev–Trinajstić information content (AvgIpc) is 2.63. The predicted molar refractivity (Wildman–Crippen MR) is 79.6 cm³/mol. The molecule has 6 heteroatoms. The van der Waals surface area contributed by atoms with Crippen LogP contribution in [0.15, 0.2) is 6.20 Å². The van der Waals surface area contributed by atoms with E-state index in [4.69, 9.17) is 4.74 Å². The van der Waals surface area contributed by atoms with Gasteiger partial charge < -0.3 is 10.1 Å². The van der Waals surface area contributed by atoms with Gasteiger partial charge in [0.1, 0.15) is 5.60 Å². The number of ether oxygens (including phenoxy) is 1. The fraction of sp³-hybridized carbons (Fsp3) is 0.667. The highest BCUT2D eigenvalue weighted by atomic mass is 16.6. The van der Waals surface area contributed by atoms with E-state index in [-0.39, 0.29) is 30.8 Å². The predicted octanol–water partition coefficient (Wildman–Crippen LogP) is 2.03. The Bertz CT molecular complexity index is 515. The summed E-state index contributed by atoms with van der Waals surface area (Å²) in [6, 6.07) is -0.134. The molecule has 0 saturated heterocycles. The molecule has 0 radical (unpaired) electrons. The standard InChI is InChI=1S/C15H25N3O3/c1-10(12-9-18(6)17-11(12)2)16-13(19)7-8-14(20)21-15(3,4)5/h9-10H,7-8H2,1-6H3,(H,16,19)/t10-/m1/s1. The van der Waals surface area contributed by atoms with E-state index in [1.54, 1.807) is 25.5 Å². The fourth-order valence-electron chi connectivity index (χ4n) is 2.04. The maximum atomic E-state index is 11.9. The molecule has 0 aliphatic heterocycles. The third kappa shape index (κ3) is 5.97. The van der Waals surface area contributed by atoms with Gasteiger partial charge in [0.25, 0.3) is 0 Å². The molecule has 0 spiro atoms. The van der Waals surface area contributed by atoms with Gasteiger partial charge in [0.05, 0.1) is 18.2 Å². The molecule has 1 heterocycles. The van der Waals surface area contributed by atoms with Gasteiger partial charge in [-0.15, -0.1) is 0 Å². The van der Waals surface area contributed by atoms with Crippen molar-refractivity contribution in [2.75, 3.05) is 0 Å².